The lowest BCUT2D eigenvalue weighted by atomic mass is 9.94. The first-order chi connectivity index (χ1) is 15.7. The van der Waals surface area contributed by atoms with Crippen LogP contribution in [0, 0.1) is 11.6 Å². The first-order valence-corrected chi connectivity index (χ1v) is 12.2. The van der Waals surface area contributed by atoms with Gasteiger partial charge in [0.2, 0.25) is 0 Å². The van der Waals surface area contributed by atoms with Crippen LogP contribution in [0.3, 0.4) is 0 Å². The number of hydrogen-bond acceptors (Lipinski definition) is 6. The maximum atomic E-state index is 14.1. The summed E-state index contributed by atoms with van der Waals surface area (Å²) in [7, 11) is 2.25. The van der Waals surface area contributed by atoms with Crippen LogP contribution in [-0.4, -0.2) is 72.0 Å². The molecule has 0 fully saturated rings. The molecule has 35 heavy (non-hydrogen) atoms. The molecule has 2 rings (SSSR count). The van der Waals surface area contributed by atoms with E-state index in [1.54, 1.807) is 0 Å². The van der Waals surface area contributed by atoms with Gasteiger partial charge in [-0.2, -0.15) is 0 Å². The molecule has 2 aromatic carbocycles. The third-order valence-corrected chi connectivity index (χ3v) is 5.89. The van der Waals surface area contributed by atoms with Crippen LogP contribution < -0.4 is 17.0 Å². The molecule has 0 saturated heterocycles. The molecule has 2 aromatic rings. The molecule has 0 aliphatic heterocycles. The van der Waals surface area contributed by atoms with Crippen molar-refractivity contribution in [1.82, 2.24) is 0 Å². The second-order valence-electron chi connectivity index (χ2n) is 8.71. The Morgan fingerprint density at radius 3 is 1.97 bits per heavy atom. The van der Waals surface area contributed by atoms with Gasteiger partial charge in [0, 0.05) is 18.8 Å². The Balaban J connectivity index is 0.00000612. The van der Waals surface area contributed by atoms with Crippen LogP contribution in [0.15, 0.2) is 47.4 Å². The number of halogens is 3. The summed E-state index contributed by atoms with van der Waals surface area (Å²) in [5.74, 6) is -3.73. The summed E-state index contributed by atoms with van der Waals surface area (Å²) >= 11 is 0. The average molecular weight is 576 g/mol. The van der Waals surface area contributed by atoms with E-state index < -0.39 is 33.4 Å². The lowest BCUT2D eigenvalue weighted by Gasteiger charge is -2.23. The van der Waals surface area contributed by atoms with Gasteiger partial charge in [-0.05, 0) is 35.4 Å². The second-order valence-corrected chi connectivity index (χ2v) is 10.7. The highest BCUT2D eigenvalue weighted by atomic mass is 79.9. The van der Waals surface area contributed by atoms with Crippen LogP contribution in [0.2, 0.25) is 0 Å². The van der Waals surface area contributed by atoms with Crippen molar-refractivity contribution < 1.29 is 57.7 Å². The number of benzene rings is 2. The fourth-order valence-electron chi connectivity index (χ4n) is 2.93. The third kappa shape index (κ3) is 9.15. The Morgan fingerprint density at radius 2 is 1.49 bits per heavy atom. The number of nitrogens with zero attached hydrogens (tertiary/aromatic N) is 1. The van der Waals surface area contributed by atoms with E-state index >= 15 is 0 Å². The Morgan fingerprint density at radius 1 is 0.914 bits per heavy atom. The van der Waals surface area contributed by atoms with Crippen molar-refractivity contribution >= 4 is 32.9 Å². The van der Waals surface area contributed by atoms with Gasteiger partial charge in [0.1, 0.15) is 19.8 Å². The third-order valence-electron chi connectivity index (χ3n) is 4.76. The maximum Gasteiger partial charge on any atom is 0.339 e. The molecule has 0 bridgehead atoms. The minimum Gasteiger partial charge on any atom is -1.00 e. The monoisotopic (exact) mass is 575 g/mol. The standard InChI is InChI=1S/C24H28F2NO6S.BrH/c1-16(28)33-15-20(17-6-9-19(10-7-17)34(5,30)31)23(18-8-11-21(25)22(26)14-18)24(29)32-13-12-27(2,3)4;/h6-11,14H,12-13,15H2,1-5H3;1H/q+1;/p-1/b23-20+;. The largest absolute Gasteiger partial charge is 1.00 e. The van der Waals surface area contributed by atoms with Gasteiger partial charge in [0.15, 0.2) is 21.5 Å². The molecule has 0 aliphatic carbocycles. The number of hydrogen-bond donors (Lipinski definition) is 0. The summed E-state index contributed by atoms with van der Waals surface area (Å²) in [5.41, 5.74) is 0.380. The van der Waals surface area contributed by atoms with Crippen LogP contribution in [0.25, 0.3) is 11.1 Å². The number of rotatable bonds is 9. The summed E-state index contributed by atoms with van der Waals surface area (Å²) in [6, 6.07) is 8.49. The van der Waals surface area contributed by atoms with Gasteiger partial charge in [0.25, 0.3) is 0 Å². The quantitative estimate of drug-likeness (QED) is 0.182. The highest BCUT2D eigenvalue weighted by Crippen LogP contribution is 2.30. The van der Waals surface area contributed by atoms with Gasteiger partial charge in [-0.3, -0.25) is 4.79 Å². The molecule has 11 heteroatoms. The fraction of sp³-hybridized carbons (Fsp3) is 0.333. The van der Waals surface area contributed by atoms with Gasteiger partial charge < -0.3 is 30.9 Å². The van der Waals surface area contributed by atoms with Crippen LogP contribution >= 0.6 is 0 Å². The topological polar surface area (TPSA) is 86.7 Å². The first kappa shape index (κ1) is 30.4. The Hall–Kier alpha value is -2.63. The van der Waals surface area contributed by atoms with Crippen LogP contribution in [0.5, 0.6) is 0 Å². The summed E-state index contributed by atoms with van der Waals surface area (Å²) < 4.78 is 62.4. The molecule has 0 aliphatic rings. The van der Waals surface area contributed by atoms with E-state index in [1.807, 2.05) is 21.1 Å². The predicted molar refractivity (Wildman–Crippen MR) is 123 cm³/mol. The number of carbonyl (C=O) groups is 2. The zero-order chi connectivity index (χ0) is 25.7. The van der Waals surface area contributed by atoms with Crippen molar-refractivity contribution in [1.29, 1.82) is 0 Å². The van der Waals surface area contributed by atoms with E-state index in [0.29, 0.717) is 16.6 Å². The highest BCUT2D eigenvalue weighted by Gasteiger charge is 2.24. The fourth-order valence-corrected chi connectivity index (χ4v) is 3.56. The number of sulfone groups is 1. The van der Waals surface area contributed by atoms with E-state index in [-0.39, 0.29) is 51.8 Å². The number of ether oxygens (including phenoxy) is 2. The van der Waals surface area contributed by atoms with Gasteiger partial charge in [-0.25, -0.2) is 22.0 Å². The summed E-state index contributed by atoms with van der Waals surface area (Å²) in [6.45, 7) is 1.33. The van der Waals surface area contributed by atoms with Crippen molar-refractivity contribution in [2.75, 3.05) is 47.2 Å². The van der Waals surface area contributed by atoms with Crippen molar-refractivity contribution in [2.45, 2.75) is 11.8 Å². The van der Waals surface area contributed by atoms with Crippen molar-refractivity contribution in [2.24, 2.45) is 0 Å². The minimum atomic E-state index is -3.48. The smallest absolute Gasteiger partial charge is 0.339 e. The van der Waals surface area contributed by atoms with E-state index in [1.165, 1.54) is 37.3 Å². The normalized spacial score (nSPS) is 12.3. The molecule has 0 N–H and O–H groups in total. The summed E-state index contributed by atoms with van der Waals surface area (Å²) in [5, 5.41) is 0. The Bertz CT molecular complexity index is 1210. The van der Waals surface area contributed by atoms with Crippen LogP contribution in [0.4, 0.5) is 8.78 Å². The molecular formula is C24H28BrF2NO6S. The molecule has 0 spiro atoms. The lowest BCUT2D eigenvalue weighted by molar-refractivity contribution is -0.870. The van der Waals surface area contributed by atoms with Crippen LogP contribution in [-0.2, 0) is 28.9 Å². The zero-order valence-electron chi connectivity index (χ0n) is 20.1. The number of carbonyl (C=O) groups excluding carboxylic acids is 2. The van der Waals surface area contributed by atoms with Crippen molar-refractivity contribution in [3.05, 3.63) is 65.2 Å². The van der Waals surface area contributed by atoms with E-state index in [4.69, 9.17) is 9.47 Å². The molecule has 192 valence electrons. The maximum absolute atomic E-state index is 14.1. The van der Waals surface area contributed by atoms with Gasteiger partial charge in [0.05, 0.1) is 31.6 Å². The van der Waals surface area contributed by atoms with E-state index in [0.717, 1.165) is 18.4 Å². The molecule has 0 amide bonds. The predicted octanol–water partition coefficient (Wildman–Crippen LogP) is 0.0956. The molecule has 0 aromatic heterocycles. The number of quaternary nitrogens is 1. The molecule has 0 unspecified atom stereocenters. The SMILES string of the molecule is CC(=O)OC/C(=C(\C(=O)OCC[N+](C)(C)C)c1ccc(F)c(F)c1)c1ccc(S(C)(=O)=O)cc1.[Br-]. The van der Waals surface area contributed by atoms with Crippen LogP contribution in [0.1, 0.15) is 18.1 Å². The van der Waals surface area contributed by atoms with Gasteiger partial charge in [-0.15, -0.1) is 0 Å². The Kier molecular flexibility index (Phi) is 10.7. The Labute approximate surface area is 214 Å². The summed E-state index contributed by atoms with van der Waals surface area (Å²) in [6.07, 6.45) is 1.05. The molecule has 0 atom stereocenters. The lowest BCUT2D eigenvalue weighted by Crippen LogP contribution is -3.00. The number of esters is 2. The average Bonchev–Trinajstić information content (AvgIpc) is 2.71. The molecular weight excluding hydrogens is 548 g/mol. The highest BCUT2D eigenvalue weighted by molar-refractivity contribution is 7.90. The molecule has 0 saturated carbocycles. The van der Waals surface area contributed by atoms with E-state index in [9.17, 15) is 26.8 Å². The van der Waals surface area contributed by atoms with Crippen molar-refractivity contribution in [3.8, 4) is 0 Å². The molecule has 0 heterocycles. The second kappa shape index (κ2) is 12.4. The van der Waals surface area contributed by atoms with Gasteiger partial charge >= 0.3 is 11.9 Å². The minimum absolute atomic E-state index is 0. The first-order valence-electron chi connectivity index (χ1n) is 10.3. The summed E-state index contributed by atoms with van der Waals surface area (Å²) in [4.78, 5) is 24.7. The zero-order valence-corrected chi connectivity index (χ0v) is 22.5. The van der Waals surface area contributed by atoms with E-state index in [2.05, 4.69) is 0 Å². The van der Waals surface area contributed by atoms with Crippen molar-refractivity contribution in [3.63, 3.8) is 0 Å². The molecule has 0 radical (unpaired) electrons. The number of likely N-dealkylation sites (N-methyl/N-ethyl adjacent to an activating group) is 1. The van der Waals surface area contributed by atoms with Gasteiger partial charge in [-0.1, -0.05) is 18.2 Å². The molecule has 7 nitrogen and oxygen atoms in total.